The normalized spacial score (nSPS) is 15.9. The highest BCUT2D eigenvalue weighted by atomic mass is 35.5. The second-order valence-corrected chi connectivity index (χ2v) is 5.28. The third-order valence-electron chi connectivity index (χ3n) is 3.70. The summed E-state index contributed by atoms with van der Waals surface area (Å²) in [5.74, 6) is 0.785. The molecule has 0 unspecified atom stereocenters. The third kappa shape index (κ3) is 2.97. The molecule has 0 amide bonds. The summed E-state index contributed by atoms with van der Waals surface area (Å²) in [6.07, 6.45) is 2.22. The van der Waals surface area contributed by atoms with Gasteiger partial charge in [-0.1, -0.05) is 23.7 Å². The smallest absolute Gasteiger partial charge is 0.172 e. The van der Waals surface area contributed by atoms with Gasteiger partial charge in [0.25, 0.3) is 0 Å². The Hall–Kier alpha value is -1.10. The maximum absolute atomic E-state index is 6.29. The van der Waals surface area contributed by atoms with E-state index >= 15 is 0 Å². The van der Waals surface area contributed by atoms with Crippen molar-refractivity contribution in [2.75, 3.05) is 25.0 Å². The van der Waals surface area contributed by atoms with E-state index in [1.165, 1.54) is 0 Å². The number of rotatable bonds is 2. The number of halogens is 2. The molecule has 4 nitrogen and oxygen atoms in total. The van der Waals surface area contributed by atoms with Crippen molar-refractivity contribution in [2.45, 2.75) is 18.9 Å². The van der Waals surface area contributed by atoms with Crippen LogP contribution in [0.5, 0.6) is 0 Å². The van der Waals surface area contributed by atoms with Gasteiger partial charge in [-0.15, -0.1) is 12.4 Å². The molecule has 6 heteroatoms. The van der Waals surface area contributed by atoms with E-state index < -0.39 is 0 Å². The molecule has 1 fully saturated rings. The van der Waals surface area contributed by atoms with E-state index in [9.17, 15) is 0 Å². The Morgan fingerprint density at radius 2 is 1.75 bits per heavy atom. The average Bonchev–Trinajstić information content (AvgIpc) is 2.47. The van der Waals surface area contributed by atoms with Crippen molar-refractivity contribution in [3.63, 3.8) is 0 Å². The number of aromatic nitrogens is 2. The van der Waals surface area contributed by atoms with Crippen LogP contribution in [0, 0.1) is 0 Å². The number of anilines is 1. The van der Waals surface area contributed by atoms with Gasteiger partial charge in [0.2, 0.25) is 0 Å². The van der Waals surface area contributed by atoms with Gasteiger partial charge in [0, 0.05) is 13.1 Å². The summed E-state index contributed by atoms with van der Waals surface area (Å²) in [4.78, 5) is 11.3. The van der Waals surface area contributed by atoms with Crippen molar-refractivity contribution in [3.05, 3.63) is 29.4 Å². The topological polar surface area (TPSA) is 41.1 Å². The van der Waals surface area contributed by atoms with Gasteiger partial charge in [0.15, 0.2) is 11.0 Å². The second-order valence-electron chi connectivity index (χ2n) is 4.92. The van der Waals surface area contributed by atoms with Crippen LogP contribution in [0.2, 0.25) is 5.15 Å². The van der Waals surface area contributed by atoms with E-state index in [2.05, 4.69) is 27.2 Å². The molecule has 0 spiro atoms. The molecule has 1 aliphatic heterocycles. The van der Waals surface area contributed by atoms with Crippen LogP contribution < -0.4 is 10.2 Å². The van der Waals surface area contributed by atoms with Gasteiger partial charge in [0.05, 0.1) is 11.0 Å². The van der Waals surface area contributed by atoms with Crippen LogP contribution in [-0.2, 0) is 0 Å². The SMILES string of the molecule is CN(c1nc2ccccc2nc1Cl)C1CCNCC1.Cl. The van der Waals surface area contributed by atoms with E-state index in [1.807, 2.05) is 24.3 Å². The molecule has 0 bridgehead atoms. The molecular weight excluding hydrogens is 295 g/mol. The number of piperidine rings is 1. The monoisotopic (exact) mass is 312 g/mol. The Morgan fingerprint density at radius 3 is 2.40 bits per heavy atom. The number of benzene rings is 1. The zero-order chi connectivity index (χ0) is 13.2. The number of fused-ring (bicyclic) bond motifs is 1. The number of nitrogens with one attached hydrogen (secondary N) is 1. The van der Waals surface area contributed by atoms with Crippen molar-refractivity contribution in [1.29, 1.82) is 0 Å². The van der Waals surface area contributed by atoms with Gasteiger partial charge in [-0.25, -0.2) is 9.97 Å². The summed E-state index contributed by atoms with van der Waals surface area (Å²) in [5, 5.41) is 3.86. The summed E-state index contributed by atoms with van der Waals surface area (Å²) in [6.45, 7) is 2.10. The van der Waals surface area contributed by atoms with Crippen LogP contribution >= 0.6 is 24.0 Å². The maximum Gasteiger partial charge on any atom is 0.172 e. The fourth-order valence-corrected chi connectivity index (χ4v) is 2.83. The van der Waals surface area contributed by atoms with Gasteiger partial charge >= 0.3 is 0 Å². The Labute approximate surface area is 130 Å². The summed E-state index contributed by atoms with van der Waals surface area (Å²) in [5.41, 5.74) is 1.73. The van der Waals surface area contributed by atoms with Crippen molar-refractivity contribution < 1.29 is 0 Å². The molecule has 2 heterocycles. The molecule has 0 atom stereocenters. The van der Waals surface area contributed by atoms with Gasteiger partial charge in [-0.05, 0) is 38.1 Å². The lowest BCUT2D eigenvalue weighted by molar-refractivity contribution is 0.442. The Kier molecular flexibility index (Phi) is 5.02. The van der Waals surface area contributed by atoms with E-state index in [0.717, 1.165) is 42.8 Å². The molecule has 0 radical (unpaired) electrons. The first kappa shape index (κ1) is 15.3. The minimum atomic E-state index is 0. The number of hydrogen-bond acceptors (Lipinski definition) is 4. The molecule has 2 aromatic rings. The van der Waals surface area contributed by atoms with Crippen molar-refractivity contribution in [1.82, 2.24) is 15.3 Å². The van der Waals surface area contributed by atoms with Crippen LogP contribution in [0.4, 0.5) is 5.82 Å². The fourth-order valence-electron chi connectivity index (χ4n) is 2.56. The lowest BCUT2D eigenvalue weighted by atomic mass is 10.1. The van der Waals surface area contributed by atoms with Crippen molar-refractivity contribution in [2.24, 2.45) is 0 Å². The lowest BCUT2D eigenvalue weighted by Gasteiger charge is -2.32. The lowest BCUT2D eigenvalue weighted by Crippen LogP contribution is -2.41. The van der Waals surface area contributed by atoms with Crippen LogP contribution in [0.25, 0.3) is 11.0 Å². The highest BCUT2D eigenvalue weighted by Crippen LogP contribution is 2.26. The van der Waals surface area contributed by atoms with E-state index in [4.69, 9.17) is 11.6 Å². The van der Waals surface area contributed by atoms with Gasteiger partial charge < -0.3 is 10.2 Å². The zero-order valence-corrected chi connectivity index (χ0v) is 12.9. The minimum Gasteiger partial charge on any atom is -0.354 e. The molecule has 0 saturated carbocycles. The molecule has 108 valence electrons. The molecule has 1 aromatic heterocycles. The highest BCUT2D eigenvalue weighted by molar-refractivity contribution is 6.32. The van der Waals surface area contributed by atoms with Crippen molar-refractivity contribution in [3.8, 4) is 0 Å². The summed E-state index contributed by atoms with van der Waals surface area (Å²) in [6, 6.07) is 8.30. The molecular formula is C14H18Cl2N4. The van der Waals surface area contributed by atoms with Gasteiger partial charge in [0.1, 0.15) is 0 Å². The summed E-state index contributed by atoms with van der Waals surface area (Å²) < 4.78 is 0. The first-order valence-corrected chi connectivity index (χ1v) is 6.99. The molecule has 3 rings (SSSR count). The van der Waals surface area contributed by atoms with Gasteiger partial charge in [-0.3, -0.25) is 0 Å². The third-order valence-corrected chi connectivity index (χ3v) is 3.96. The van der Waals surface area contributed by atoms with E-state index in [0.29, 0.717) is 11.2 Å². The Balaban J connectivity index is 0.00000147. The molecule has 1 saturated heterocycles. The summed E-state index contributed by atoms with van der Waals surface area (Å²) >= 11 is 6.29. The Morgan fingerprint density at radius 1 is 1.15 bits per heavy atom. The van der Waals surface area contributed by atoms with E-state index in [-0.39, 0.29) is 12.4 Å². The van der Waals surface area contributed by atoms with Gasteiger partial charge in [-0.2, -0.15) is 0 Å². The fraction of sp³-hybridized carbons (Fsp3) is 0.429. The number of para-hydroxylation sites is 2. The average molecular weight is 313 g/mol. The van der Waals surface area contributed by atoms with Crippen LogP contribution in [0.1, 0.15) is 12.8 Å². The van der Waals surface area contributed by atoms with Crippen LogP contribution in [-0.4, -0.2) is 36.1 Å². The maximum atomic E-state index is 6.29. The predicted octanol–water partition coefficient (Wildman–Crippen LogP) is 2.89. The van der Waals surface area contributed by atoms with Crippen LogP contribution in [0.3, 0.4) is 0 Å². The Bertz CT molecular complexity index is 584. The molecule has 1 N–H and O–H groups in total. The minimum absolute atomic E-state index is 0. The van der Waals surface area contributed by atoms with Crippen molar-refractivity contribution >= 4 is 40.9 Å². The molecule has 0 aliphatic carbocycles. The standard InChI is InChI=1S/C14H17ClN4.ClH/c1-19(10-6-8-16-9-7-10)14-13(15)17-11-4-2-3-5-12(11)18-14;/h2-5,10,16H,6-9H2,1H3;1H. The quantitative estimate of drug-likeness (QED) is 0.925. The number of nitrogens with zero attached hydrogens (tertiary/aromatic N) is 3. The van der Waals surface area contributed by atoms with Crippen LogP contribution in [0.15, 0.2) is 24.3 Å². The molecule has 1 aliphatic rings. The summed E-state index contributed by atoms with van der Waals surface area (Å²) in [7, 11) is 2.06. The predicted molar refractivity (Wildman–Crippen MR) is 86.1 cm³/mol. The highest BCUT2D eigenvalue weighted by Gasteiger charge is 2.21. The first-order valence-electron chi connectivity index (χ1n) is 6.61. The molecule has 20 heavy (non-hydrogen) atoms. The molecule has 1 aromatic carbocycles. The first-order chi connectivity index (χ1) is 9.25. The second kappa shape index (κ2) is 6.57. The zero-order valence-electron chi connectivity index (χ0n) is 11.3. The largest absolute Gasteiger partial charge is 0.354 e. The number of hydrogen-bond donors (Lipinski definition) is 1. The van der Waals surface area contributed by atoms with E-state index in [1.54, 1.807) is 0 Å².